The molecule has 1 saturated heterocycles. The number of H-pyrrole nitrogens is 1. The first-order valence-electron chi connectivity index (χ1n) is 18.2. The van der Waals surface area contributed by atoms with E-state index in [1.54, 1.807) is 36.4 Å². The lowest BCUT2D eigenvalue weighted by Gasteiger charge is -2.31. The molecule has 0 aliphatic carbocycles. The molecule has 16 nitrogen and oxygen atoms in total. The molecule has 0 radical (unpaired) electrons. The van der Waals surface area contributed by atoms with Crippen LogP contribution in [0.5, 0.6) is 0 Å². The summed E-state index contributed by atoms with van der Waals surface area (Å²) in [4.78, 5) is 66.4. The molecule has 54 heavy (non-hydrogen) atoms. The van der Waals surface area contributed by atoms with Crippen LogP contribution < -0.4 is 21.6 Å². The van der Waals surface area contributed by atoms with Gasteiger partial charge in [-0.2, -0.15) is 0 Å². The number of ether oxygens (including phenoxy) is 1. The molecule has 17 heteroatoms. The number of nitrogens with zero attached hydrogens (tertiary/aromatic N) is 4. The molecule has 2 aromatic rings. The zero-order valence-corrected chi connectivity index (χ0v) is 31.0. The topological polar surface area (TPSA) is 207 Å². The number of cyclic esters (lactones) is 1. The lowest BCUT2D eigenvalue weighted by atomic mass is 9.89. The Morgan fingerprint density at radius 3 is 2.78 bits per heavy atom. The van der Waals surface area contributed by atoms with Crippen LogP contribution in [-0.2, 0) is 25.5 Å². The van der Waals surface area contributed by atoms with Gasteiger partial charge in [0.25, 0.3) is 5.91 Å². The number of aliphatic hydroxyl groups is 1. The fraction of sp³-hybridized carbons (Fsp3) is 0.514. The number of oxazole rings is 1. The molecule has 0 unspecified atom stereocenters. The van der Waals surface area contributed by atoms with Crippen LogP contribution in [0.3, 0.4) is 0 Å². The Morgan fingerprint density at radius 1 is 1.20 bits per heavy atom. The fourth-order valence-corrected chi connectivity index (χ4v) is 6.53. The van der Waals surface area contributed by atoms with Crippen molar-refractivity contribution in [3.05, 3.63) is 77.7 Å². The first kappa shape index (κ1) is 39.9. The largest absolute Gasteiger partial charge is 0.460 e. The number of hydrogen-bond donors (Lipinski definition) is 6. The highest BCUT2D eigenvalue weighted by Gasteiger charge is 2.39. The number of halogens is 1. The van der Waals surface area contributed by atoms with Gasteiger partial charge in [0.05, 0.1) is 36.7 Å². The summed E-state index contributed by atoms with van der Waals surface area (Å²) >= 11 is 0. The Hall–Kier alpha value is -5.29. The zero-order chi connectivity index (χ0) is 38.8. The number of carbonyl (C=O) groups is 4. The Bertz CT molecular complexity index is 1770. The number of amides is 3. The summed E-state index contributed by atoms with van der Waals surface area (Å²) in [6.45, 7) is 8.45. The second-order valence-electron chi connectivity index (χ2n) is 14.0. The average molecular weight is 752 g/mol. The van der Waals surface area contributed by atoms with Gasteiger partial charge >= 0.3 is 5.97 Å². The second kappa shape index (κ2) is 18.6. The van der Waals surface area contributed by atoms with E-state index < -0.39 is 48.1 Å². The summed E-state index contributed by atoms with van der Waals surface area (Å²) in [6.07, 6.45) is 9.41. The number of aliphatic hydroxyl groups excluding tert-OH is 1. The number of allylic oxidation sites excluding steroid dienone is 2. The third-order valence-corrected chi connectivity index (χ3v) is 9.21. The van der Waals surface area contributed by atoms with Gasteiger partial charge in [0.1, 0.15) is 30.4 Å². The monoisotopic (exact) mass is 751 g/mol. The van der Waals surface area contributed by atoms with Gasteiger partial charge in [-0.25, -0.2) is 19.2 Å². The Kier molecular flexibility index (Phi) is 13.8. The van der Waals surface area contributed by atoms with Gasteiger partial charge in [-0.15, -0.1) is 5.53 Å². The van der Waals surface area contributed by atoms with Crippen molar-refractivity contribution in [3.8, 4) is 0 Å². The number of nitrogens with one attached hydrogen (secondary N) is 5. The number of carbonyl (C=O) groups excluding carboxylic acids is 4. The normalized spacial score (nSPS) is 25.4. The van der Waals surface area contributed by atoms with Crippen LogP contribution in [0.4, 0.5) is 4.39 Å². The molecular formula is C37H50FN9O7. The van der Waals surface area contributed by atoms with Crippen LogP contribution >= 0.6 is 0 Å². The number of rotatable bonds is 7. The van der Waals surface area contributed by atoms with Crippen LogP contribution in [-0.4, -0.2) is 104 Å². The number of alkyl halides is 1. The lowest BCUT2D eigenvalue weighted by Crippen LogP contribution is -2.45. The van der Waals surface area contributed by atoms with E-state index in [9.17, 15) is 28.7 Å². The predicted molar refractivity (Wildman–Crippen MR) is 195 cm³/mol. The Morgan fingerprint density at radius 2 is 2.02 bits per heavy atom. The van der Waals surface area contributed by atoms with E-state index in [4.69, 9.17) is 9.15 Å². The van der Waals surface area contributed by atoms with E-state index in [1.165, 1.54) is 17.1 Å². The van der Waals surface area contributed by atoms with Crippen molar-refractivity contribution in [2.24, 2.45) is 11.8 Å². The zero-order valence-electron chi connectivity index (χ0n) is 31.0. The van der Waals surface area contributed by atoms with Gasteiger partial charge in [0.15, 0.2) is 11.6 Å². The van der Waals surface area contributed by atoms with Crippen molar-refractivity contribution >= 4 is 29.4 Å². The van der Waals surface area contributed by atoms with Gasteiger partial charge in [0.2, 0.25) is 11.8 Å². The number of aryl methyl sites for hydroxylation is 1. The highest BCUT2D eigenvalue weighted by molar-refractivity contribution is 5.95. The fourth-order valence-electron chi connectivity index (χ4n) is 6.53. The third-order valence-electron chi connectivity index (χ3n) is 9.21. The van der Waals surface area contributed by atoms with Crippen molar-refractivity contribution in [1.29, 1.82) is 0 Å². The van der Waals surface area contributed by atoms with Gasteiger partial charge in [-0.05, 0) is 38.7 Å². The van der Waals surface area contributed by atoms with Gasteiger partial charge < -0.3 is 40.2 Å². The SMILES string of the molecule is CC1=C[C@@H](O)C[C@@H](F)Cc2nc(co2)C(=O)N2CCC[C@@H]2C(=O)O[C@H](C(C)C)[C@H](CC(=O)NCCN2C=C(c3cnc(C)[nH]3)NN2)/C=C/C(=O)NCC=C1. The molecular weight excluding hydrogens is 701 g/mol. The molecule has 6 N–H and O–H groups in total. The van der Waals surface area contributed by atoms with Crippen LogP contribution in [0.2, 0.25) is 0 Å². The maximum Gasteiger partial charge on any atom is 0.329 e. The van der Waals surface area contributed by atoms with Crippen molar-refractivity contribution in [1.82, 2.24) is 46.5 Å². The van der Waals surface area contributed by atoms with Gasteiger partial charge in [-0.3, -0.25) is 19.4 Å². The Balaban J connectivity index is 1.31. The predicted octanol–water partition coefficient (Wildman–Crippen LogP) is 2.14. The molecule has 3 amide bonds. The van der Waals surface area contributed by atoms with Crippen molar-refractivity contribution in [3.63, 3.8) is 0 Å². The number of aromatic nitrogens is 3. The number of esters is 1. The minimum Gasteiger partial charge on any atom is -0.460 e. The summed E-state index contributed by atoms with van der Waals surface area (Å²) in [7, 11) is 0. The molecule has 5 atom stereocenters. The van der Waals surface area contributed by atoms with Crippen LogP contribution in [0, 0.1) is 18.8 Å². The van der Waals surface area contributed by atoms with Crippen molar-refractivity contribution in [2.75, 3.05) is 26.2 Å². The van der Waals surface area contributed by atoms with E-state index in [2.05, 4.69) is 36.5 Å². The van der Waals surface area contributed by atoms with E-state index in [-0.39, 0.29) is 62.3 Å². The van der Waals surface area contributed by atoms with E-state index >= 15 is 0 Å². The molecule has 0 saturated carbocycles. The minimum absolute atomic E-state index is 0.00217. The molecule has 0 aromatic carbocycles. The second-order valence-corrected chi connectivity index (χ2v) is 14.0. The van der Waals surface area contributed by atoms with Crippen LogP contribution in [0.15, 0.2) is 59.0 Å². The van der Waals surface area contributed by atoms with Crippen molar-refractivity contribution in [2.45, 2.75) is 84.2 Å². The number of hydrazine groups is 2. The van der Waals surface area contributed by atoms with E-state index in [1.807, 2.05) is 27.0 Å². The first-order chi connectivity index (χ1) is 25.9. The quantitative estimate of drug-likeness (QED) is 0.225. The summed E-state index contributed by atoms with van der Waals surface area (Å²) < 4.78 is 26.3. The highest BCUT2D eigenvalue weighted by Crippen LogP contribution is 2.27. The summed E-state index contributed by atoms with van der Waals surface area (Å²) in [5.74, 6) is -2.12. The molecule has 3 aliphatic heterocycles. The first-order valence-corrected chi connectivity index (χ1v) is 18.2. The Labute approximate surface area is 313 Å². The van der Waals surface area contributed by atoms with Gasteiger partial charge in [-0.1, -0.05) is 43.7 Å². The lowest BCUT2D eigenvalue weighted by molar-refractivity contribution is -0.159. The number of hydrogen-bond acceptors (Lipinski definition) is 12. The number of imidazole rings is 1. The smallest absolute Gasteiger partial charge is 0.329 e. The number of fused-ring (bicyclic) bond motifs is 3. The average Bonchev–Trinajstić information content (AvgIpc) is 3.94. The summed E-state index contributed by atoms with van der Waals surface area (Å²) in [6, 6.07) is -0.918. The van der Waals surface area contributed by atoms with Gasteiger partial charge in [0, 0.05) is 44.6 Å². The molecule has 1 fully saturated rings. The molecule has 2 aromatic heterocycles. The highest BCUT2D eigenvalue weighted by atomic mass is 19.1. The molecule has 292 valence electrons. The molecule has 2 bridgehead atoms. The maximum absolute atomic E-state index is 14.8. The van der Waals surface area contributed by atoms with Crippen LogP contribution in [0.1, 0.15) is 74.4 Å². The van der Waals surface area contributed by atoms with E-state index in [0.717, 1.165) is 23.5 Å². The maximum atomic E-state index is 14.8. The summed E-state index contributed by atoms with van der Waals surface area (Å²) in [5.41, 5.74) is 8.27. The number of aromatic amines is 1. The molecule has 3 aliphatic rings. The minimum atomic E-state index is -1.50. The molecule has 0 spiro atoms. The third kappa shape index (κ3) is 11.1. The summed E-state index contributed by atoms with van der Waals surface area (Å²) in [5, 5.41) is 17.8. The molecule has 5 rings (SSSR count). The van der Waals surface area contributed by atoms with Crippen molar-refractivity contribution < 1.29 is 37.8 Å². The standard InChI is InChI=1S/C37H50FN9O7/c1-22(2)35-25(16-33(50)40-12-14-46-20-29(44-45-46)28-19-41-24(4)42-28)9-10-32(49)39-11-5-7-23(3)15-27(48)17-26(38)18-34-43-30(21-53-34)36(51)47-13-6-8-31(47)37(52)54-35/h5,7,9-10,15,19-22,25-27,31,35,44-45,48H,6,8,11-14,16-18H2,1-4H3,(H,39,49)(H,40,50)(H,41,42)/b7-5?,10-9+,23-15?/t25-,26+,27+,31+,35+/m0/s1. The van der Waals surface area contributed by atoms with E-state index in [0.29, 0.717) is 25.0 Å². The van der Waals surface area contributed by atoms with Crippen LogP contribution in [0.25, 0.3) is 5.70 Å². The molecule has 5 heterocycles.